The molecule has 0 bridgehead atoms. The fourth-order valence-electron chi connectivity index (χ4n) is 4.53. The summed E-state index contributed by atoms with van der Waals surface area (Å²) in [7, 11) is 0. The van der Waals surface area contributed by atoms with Crippen molar-refractivity contribution in [1.82, 2.24) is 14.7 Å². The molecule has 0 aliphatic carbocycles. The quantitative estimate of drug-likeness (QED) is 0.638. The Labute approximate surface area is 158 Å². The highest BCUT2D eigenvalue weighted by Crippen LogP contribution is 2.25. The summed E-state index contributed by atoms with van der Waals surface area (Å²) in [5.74, 6) is 0.561. The molecule has 3 aliphatic heterocycles. The topological polar surface area (TPSA) is 45.2 Å². The molecule has 3 saturated heterocycles. The zero-order chi connectivity index (χ0) is 18.2. The normalized spacial score (nSPS) is 27.0. The molecule has 0 aromatic carbocycles. The van der Waals surface area contributed by atoms with Gasteiger partial charge < -0.3 is 19.3 Å². The van der Waals surface area contributed by atoms with Gasteiger partial charge in [0.2, 0.25) is 5.91 Å². The maximum atomic E-state index is 12.8. The van der Waals surface area contributed by atoms with Gasteiger partial charge in [-0.15, -0.1) is 0 Å². The van der Waals surface area contributed by atoms with E-state index in [1.54, 1.807) is 0 Å². The first-order valence-corrected chi connectivity index (χ1v) is 10.7. The minimum Gasteiger partial charge on any atom is -0.380 e. The standard InChI is InChI=1S/C20H37N3O3/c1-2-13-25-14-10-21-8-5-19(6-9-21)23-7-3-4-18(17-23)20(24)22-11-15-26-16-12-22/h18-19H,2-17H2,1H3/t18-/m0/s1. The zero-order valence-corrected chi connectivity index (χ0v) is 16.5. The predicted molar refractivity (Wildman–Crippen MR) is 102 cm³/mol. The van der Waals surface area contributed by atoms with Crippen LogP contribution in [0, 0.1) is 5.92 Å². The number of carbonyl (C=O) groups is 1. The van der Waals surface area contributed by atoms with Gasteiger partial charge in [0.15, 0.2) is 0 Å². The third-order valence-electron chi connectivity index (χ3n) is 6.10. The molecule has 0 aromatic rings. The van der Waals surface area contributed by atoms with Crippen LogP contribution in [-0.2, 0) is 14.3 Å². The lowest BCUT2D eigenvalue weighted by Crippen LogP contribution is -2.52. The van der Waals surface area contributed by atoms with Gasteiger partial charge in [-0.3, -0.25) is 9.69 Å². The average Bonchev–Trinajstić information content (AvgIpc) is 2.72. The van der Waals surface area contributed by atoms with Crippen molar-refractivity contribution in [2.24, 2.45) is 5.92 Å². The molecule has 6 nitrogen and oxygen atoms in total. The lowest BCUT2D eigenvalue weighted by molar-refractivity contribution is -0.142. The number of hydrogen-bond acceptors (Lipinski definition) is 5. The first kappa shape index (κ1) is 20.1. The number of morpholine rings is 1. The molecule has 6 heteroatoms. The summed E-state index contributed by atoms with van der Waals surface area (Å²) in [5, 5.41) is 0. The third-order valence-corrected chi connectivity index (χ3v) is 6.10. The summed E-state index contributed by atoms with van der Waals surface area (Å²) in [5.41, 5.74) is 0. The van der Waals surface area contributed by atoms with Gasteiger partial charge in [0, 0.05) is 38.8 Å². The maximum absolute atomic E-state index is 12.8. The van der Waals surface area contributed by atoms with Crippen LogP contribution in [0.15, 0.2) is 0 Å². The second-order valence-electron chi connectivity index (χ2n) is 7.96. The van der Waals surface area contributed by atoms with E-state index in [9.17, 15) is 4.79 Å². The number of ether oxygens (including phenoxy) is 2. The van der Waals surface area contributed by atoms with E-state index >= 15 is 0 Å². The summed E-state index contributed by atoms with van der Waals surface area (Å²) >= 11 is 0. The molecule has 0 unspecified atom stereocenters. The number of rotatable bonds is 7. The largest absolute Gasteiger partial charge is 0.380 e. The molecule has 26 heavy (non-hydrogen) atoms. The fourth-order valence-corrected chi connectivity index (χ4v) is 4.53. The monoisotopic (exact) mass is 367 g/mol. The van der Waals surface area contributed by atoms with Crippen molar-refractivity contribution in [1.29, 1.82) is 0 Å². The van der Waals surface area contributed by atoms with Crippen molar-refractivity contribution >= 4 is 5.91 Å². The van der Waals surface area contributed by atoms with E-state index in [1.807, 2.05) is 4.90 Å². The molecular weight excluding hydrogens is 330 g/mol. The molecule has 3 fully saturated rings. The van der Waals surface area contributed by atoms with Crippen molar-refractivity contribution in [2.45, 2.75) is 45.1 Å². The Kier molecular flexibility index (Phi) is 8.17. The smallest absolute Gasteiger partial charge is 0.227 e. The number of amides is 1. The fraction of sp³-hybridized carbons (Fsp3) is 0.950. The minimum atomic E-state index is 0.197. The lowest BCUT2D eigenvalue weighted by atomic mass is 9.92. The SMILES string of the molecule is CCCOCCN1CCC(N2CCC[C@H](C(=O)N3CCOCC3)C2)CC1. The molecule has 0 saturated carbocycles. The van der Waals surface area contributed by atoms with Gasteiger partial charge in [0.25, 0.3) is 0 Å². The Hall–Kier alpha value is -0.690. The van der Waals surface area contributed by atoms with E-state index in [2.05, 4.69) is 16.7 Å². The van der Waals surface area contributed by atoms with Crippen molar-refractivity contribution in [3.8, 4) is 0 Å². The van der Waals surface area contributed by atoms with E-state index in [0.717, 1.165) is 65.2 Å². The highest BCUT2D eigenvalue weighted by molar-refractivity contribution is 5.79. The van der Waals surface area contributed by atoms with Crippen LogP contribution in [0.4, 0.5) is 0 Å². The van der Waals surface area contributed by atoms with Crippen LogP contribution in [0.3, 0.4) is 0 Å². The van der Waals surface area contributed by atoms with E-state index in [0.29, 0.717) is 25.2 Å². The Morgan fingerprint density at radius 2 is 1.81 bits per heavy atom. The number of carbonyl (C=O) groups excluding carboxylic acids is 1. The molecule has 1 atom stereocenters. The summed E-state index contributed by atoms with van der Waals surface area (Å²) in [6, 6.07) is 0.656. The molecule has 3 heterocycles. The summed E-state index contributed by atoms with van der Waals surface area (Å²) in [6.07, 6.45) is 5.77. The first-order valence-electron chi connectivity index (χ1n) is 10.7. The van der Waals surface area contributed by atoms with Crippen LogP contribution < -0.4 is 0 Å². The summed E-state index contributed by atoms with van der Waals surface area (Å²) < 4.78 is 11.0. The maximum Gasteiger partial charge on any atom is 0.227 e. The van der Waals surface area contributed by atoms with Crippen LogP contribution in [0.5, 0.6) is 0 Å². The van der Waals surface area contributed by atoms with Crippen molar-refractivity contribution in [3.05, 3.63) is 0 Å². The molecule has 0 N–H and O–H groups in total. The van der Waals surface area contributed by atoms with Gasteiger partial charge in [0.05, 0.1) is 25.7 Å². The highest BCUT2D eigenvalue weighted by atomic mass is 16.5. The van der Waals surface area contributed by atoms with E-state index in [4.69, 9.17) is 9.47 Å². The van der Waals surface area contributed by atoms with E-state index in [1.165, 1.54) is 25.9 Å². The van der Waals surface area contributed by atoms with Gasteiger partial charge >= 0.3 is 0 Å². The number of nitrogens with zero attached hydrogens (tertiary/aromatic N) is 3. The average molecular weight is 368 g/mol. The van der Waals surface area contributed by atoms with Crippen LogP contribution in [0.2, 0.25) is 0 Å². The van der Waals surface area contributed by atoms with Gasteiger partial charge in [-0.2, -0.15) is 0 Å². The van der Waals surface area contributed by atoms with Crippen molar-refractivity contribution in [3.63, 3.8) is 0 Å². The molecule has 3 rings (SSSR count). The van der Waals surface area contributed by atoms with Crippen LogP contribution in [-0.4, -0.2) is 98.9 Å². The zero-order valence-electron chi connectivity index (χ0n) is 16.5. The van der Waals surface area contributed by atoms with E-state index in [-0.39, 0.29) is 5.92 Å². The number of likely N-dealkylation sites (tertiary alicyclic amines) is 2. The van der Waals surface area contributed by atoms with Crippen molar-refractivity contribution in [2.75, 3.05) is 72.2 Å². The summed E-state index contributed by atoms with van der Waals surface area (Å²) in [4.78, 5) is 20.0. The van der Waals surface area contributed by atoms with Crippen molar-refractivity contribution < 1.29 is 14.3 Å². The molecule has 1 amide bonds. The molecule has 3 aliphatic rings. The Morgan fingerprint density at radius 3 is 2.54 bits per heavy atom. The van der Waals surface area contributed by atoms with Gasteiger partial charge in [-0.05, 0) is 51.7 Å². The molecule has 150 valence electrons. The second kappa shape index (κ2) is 10.6. The first-order chi connectivity index (χ1) is 12.8. The predicted octanol–water partition coefficient (Wildman–Crippen LogP) is 1.45. The van der Waals surface area contributed by atoms with Crippen LogP contribution >= 0.6 is 0 Å². The molecule has 0 radical (unpaired) electrons. The Balaban J connectivity index is 1.40. The third kappa shape index (κ3) is 5.65. The highest BCUT2D eigenvalue weighted by Gasteiger charge is 2.33. The lowest BCUT2D eigenvalue weighted by Gasteiger charge is -2.43. The van der Waals surface area contributed by atoms with Gasteiger partial charge in [-0.1, -0.05) is 6.92 Å². The van der Waals surface area contributed by atoms with Gasteiger partial charge in [0.1, 0.15) is 0 Å². The van der Waals surface area contributed by atoms with Crippen LogP contribution in [0.25, 0.3) is 0 Å². The van der Waals surface area contributed by atoms with E-state index < -0.39 is 0 Å². The number of hydrogen-bond donors (Lipinski definition) is 0. The Bertz CT molecular complexity index is 421. The molecular formula is C20H37N3O3. The molecule has 0 aromatic heterocycles. The molecule has 0 spiro atoms. The second-order valence-corrected chi connectivity index (χ2v) is 7.96. The minimum absolute atomic E-state index is 0.197. The van der Waals surface area contributed by atoms with Crippen LogP contribution in [0.1, 0.15) is 39.0 Å². The Morgan fingerprint density at radius 1 is 1.04 bits per heavy atom. The summed E-state index contributed by atoms with van der Waals surface area (Å²) in [6.45, 7) is 12.3. The number of piperidine rings is 2. The van der Waals surface area contributed by atoms with Gasteiger partial charge in [-0.25, -0.2) is 0 Å².